The highest BCUT2D eigenvalue weighted by molar-refractivity contribution is 5.93. The molecule has 1 saturated heterocycles. The summed E-state index contributed by atoms with van der Waals surface area (Å²) in [5.74, 6) is 1.67. The zero-order valence-corrected chi connectivity index (χ0v) is 15.9. The lowest BCUT2D eigenvalue weighted by Crippen LogP contribution is -2.36. The van der Waals surface area contributed by atoms with E-state index in [-0.39, 0.29) is 5.91 Å². The fraction of sp³-hybridized carbons (Fsp3) is 0.611. The molecule has 140 valence electrons. The van der Waals surface area contributed by atoms with E-state index in [0.717, 1.165) is 37.2 Å². The highest BCUT2D eigenvalue weighted by Gasteiger charge is 2.25. The molecule has 1 aliphatic heterocycles. The van der Waals surface area contributed by atoms with E-state index in [0.29, 0.717) is 42.9 Å². The first-order chi connectivity index (χ1) is 12.5. The molecule has 8 nitrogen and oxygen atoms in total. The highest BCUT2D eigenvalue weighted by Crippen LogP contribution is 2.16. The Balaban J connectivity index is 1.72. The van der Waals surface area contributed by atoms with Gasteiger partial charge in [-0.05, 0) is 26.2 Å². The molecule has 0 aromatic carbocycles. The van der Waals surface area contributed by atoms with Gasteiger partial charge >= 0.3 is 0 Å². The summed E-state index contributed by atoms with van der Waals surface area (Å²) in [6, 6.07) is 0. The fourth-order valence-corrected chi connectivity index (χ4v) is 3.26. The van der Waals surface area contributed by atoms with Crippen molar-refractivity contribution >= 4 is 11.9 Å². The molecule has 1 fully saturated rings. The van der Waals surface area contributed by atoms with Gasteiger partial charge in [0.1, 0.15) is 5.76 Å². The van der Waals surface area contributed by atoms with Crippen molar-refractivity contribution in [2.24, 2.45) is 0 Å². The molecule has 0 N–H and O–H groups in total. The minimum absolute atomic E-state index is 0.0733. The summed E-state index contributed by atoms with van der Waals surface area (Å²) < 4.78 is 5.40. The van der Waals surface area contributed by atoms with E-state index in [1.807, 2.05) is 4.90 Å². The van der Waals surface area contributed by atoms with Gasteiger partial charge < -0.3 is 14.2 Å². The van der Waals surface area contributed by atoms with Gasteiger partial charge in [0.2, 0.25) is 5.95 Å². The first-order valence-corrected chi connectivity index (χ1v) is 9.24. The first kappa shape index (κ1) is 18.3. The van der Waals surface area contributed by atoms with E-state index in [2.05, 4.69) is 33.9 Å². The summed E-state index contributed by atoms with van der Waals surface area (Å²) in [6.07, 6.45) is 2.53. The van der Waals surface area contributed by atoms with Crippen LogP contribution in [0.1, 0.15) is 53.8 Å². The lowest BCUT2D eigenvalue weighted by Gasteiger charge is -2.22. The number of carbonyl (C=O) groups is 1. The van der Waals surface area contributed by atoms with Crippen LogP contribution >= 0.6 is 0 Å². The third kappa shape index (κ3) is 3.68. The molecule has 0 aliphatic carbocycles. The van der Waals surface area contributed by atoms with Gasteiger partial charge in [-0.3, -0.25) is 4.79 Å². The molecule has 0 atom stereocenters. The quantitative estimate of drug-likeness (QED) is 0.825. The molecule has 0 saturated carbocycles. The summed E-state index contributed by atoms with van der Waals surface area (Å²) in [6.45, 7) is 10.4. The molecule has 26 heavy (non-hydrogen) atoms. The van der Waals surface area contributed by atoms with Crippen molar-refractivity contribution in [2.45, 2.75) is 47.0 Å². The number of rotatable bonds is 4. The lowest BCUT2D eigenvalue weighted by molar-refractivity contribution is 0.0760. The standard InChI is InChI=1S/C18H26N6O2/c1-5-14-15(6-2)21-22-18(20-14)24-9-7-8-23(10-11-24)17(25)16-12(3)26-13(4)19-16/h5-11H2,1-4H3. The Kier molecular flexibility index (Phi) is 5.49. The SMILES string of the molecule is CCc1nnc(N2CCCN(C(=O)c3nc(C)oc3C)CC2)nc1CC. The van der Waals surface area contributed by atoms with Gasteiger partial charge in [0.05, 0.1) is 11.4 Å². The molecule has 0 spiro atoms. The van der Waals surface area contributed by atoms with Crippen LogP contribution < -0.4 is 4.90 Å². The molecule has 2 aromatic rings. The topological polar surface area (TPSA) is 88.3 Å². The highest BCUT2D eigenvalue weighted by atomic mass is 16.4. The molecule has 0 radical (unpaired) electrons. The average molecular weight is 358 g/mol. The fourth-order valence-electron chi connectivity index (χ4n) is 3.26. The Morgan fingerprint density at radius 1 is 1.00 bits per heavy atom. The van der Waals surface area contributed by atoms with Gasteiger partial charge in [-0.25, -0.2) is 9.97 Å². The number of hydrogen-bond donors (Lipinski definition) is 0. The minimum Gasteiger partial charge on any atom is -0.445 e. The Hall–Kier alpha value is -2.51. The number of nitrogens with zero attached hydrogens (tertiary/aromatic N) is 6. The van der Waals surface area contributed by atoms with Crippen molar-refractivity contribution in [1.29, 1.82) is 0 Å². The van der Waals surface area contributed by atoms with Crippen LogP contribution in [0.4, 0.5) is 5.95 Å². The summed E-state index contributed by atoms with van der Waals surface area (Å²) in [5.41, 5.74) is 2.37. The molecule has 3 heterocycles. The lowest BCUT2D eigenvalue weighted by atomic mass is 10.2. The van der Waals surface area contributed by atoms with Gasteiger partial charge in [0, 0.05) is 33.1 Å². The summed E-state index contributed by atoms with van der Waals surface area (Å²) in [4.78, 5) is 25.6. The maximum absolute atomic E-state index is 12.8. The van der Waals surface area contributed by atoms with Crippen LogP contribution in [0.5, 0.6) is 0 Å². The third-order valence-electron chi connectivity index (χ3n) is 4.67. The second kappa shape index (κ2) is 7.80. The van der Waals surface area contributed by atoms with Crippen LogP contribution in [0.15, 0.2) is 4.42 Å². The van der Waals surface area contributed by atoms with Gasteiger partial charge in [-0.15, -0.1) is 5.10 Å². The zero-order chi connectivity index (χ0) is 18.7. The summed E-state index contributed by atoms with van der Waals surface area (Å²) >= 11 is 0. The Bertz CT molecular complexity index is 788. The second-order valence-electron chi connectivity index (χ2n) is 6.48. The maximum atomic E-state index is 12.8. The van der Waals surface area contributed by atoms with E-state index < -0.39 is 0 Å². The number of amides is 1. The Labute approximate surface area is 153 Å². The Morgan fingerprint density at radius 3 is 2.42 bits per heavy atom. The molecular formula is C18H26N6O2. The number of aromatic nitrogens is 4. The van der Waals surface area contributed by atoms with Gasteiger partial charge in [0.15, 0.2) is 11.6 Å². The van der Waals surface area contributed by atoms with Gasteiger partial charge in [-0.1, -0.05) is 13.8 Å². The Morgan fingerprint density at radius 2 is 1.77 bits per heavy atom. The number of anilines is 1. The van der Waals surface area contributed by atoms with Crippen LogP contribution in [0.2, 0.25) is 0 Å². The predicted octanol–water partition coefficient (Wildman–Crippen LogP) is 1.95. The van der Waals surface area contributed by atoms with E-state index in [4.69, 9.17) is 9.40 Å². The van der Waals surface area contributed by atoms with Gasteiger partial charge in [-0.2, -0.15) is 5.10 Å². The van der Waals surface area contributed by atoms with Crippen LogP contribution in [0.3, 0.4) is 0 Å². The first-order valence-electron chi connectivity index (χ1n) is 9.24. The molecule has 0 unspecified atom stereocenters. The van der Waals surface area contributed by atoms with E-state index >= 15 is 0 Å². The van der Waals surface area contributed by atoms with E-state index in [1.165, 1.54) is 0 Å². The van der Waals surface area contributed by atoms with Crippen molar-refractivity contribution < 1.29 is 9.21 Å². The van der Waals surface area contributed by atoms with Crippen molar-refractivity contribution in [2.75, 3.05) is 31.1 Å². The normalized spacial score (nSPS) is 15.2. The molecule has 8 heteroatoms. The monoisotopic (exact) mass is 358 g/mol. The van der Waals surface area contributed by atoms with Crippen LogP contribution in [0.25, 0.3) is 0 Å². The summed E-state index contributed by atoms with van der Waals surface area (Å²) in [7, 11) is 0. The maximum Gasteiger partial charge on any atom is 0.276 e. The number of hydrogen-bond acceptors (Lipinski definition) is 7. The number of carbonyl (C=O) groups excluding carboxylic acids is 1. The van der Waals surface area contributed by atoms with Crippen LogP contribution in [0, 0.1) is 13.8 Å². The predicted molar refractivity (Wildman–Crippen MR) is 97.3 cm³/mol. The molecule has 3 rings (SSSR count). The summed E-state index contributed by atoms with van der Waals surface area (Å²) in [5, 5.41) is 8.64. The molecule has 1 aliphatic rings. The van der Waals surface area contributed by atoms with Crippen molar-refractivity contribution in [3.8, 4) is 0 Å². The number of aryl methyl sites for hydroxylation is 4. The number of oxazole rings is 1. The zero-order valence-electron chi connectivity index (χ0n) is 15.9. The molecular weight excluding hydrogens is 332 g/mol. The second-order valence-corrected chi connectivity index (χ2v) is 6.48. The molecule has 0 bridgehead atoms. The van der Waals surface area contributed by atoms with Crippen molar-refractivity contribution in [3.63, 3.8) is 0 Å². The average Bonchev–Trinajstić information content (AvgIpc) is 2.85. The van der Waals surface area contributed by atoms with E-state index in [9.17, 15) is 4.79 Å². The minimum atomic E-state index is -0.0733. The third-order valence-corrected chi connectivity index (χ3v) is 4.67. The van der Waals surface area contributed by atoms with Crippen molar-refractivity contribution in [1.82, 2.24) is 25.1 Å². The molecule has 1 amide bonds. The van der Waals surface area contributed by atoms with Crippen LogP contribution in [-0.2, 0) is 12.8 Å². The van der Waals surface area contributed by atoms with Gasteiger partial charge in [0.25, 0.3) is 5.91 Å². The smallest absolute Gasteiger partial charge is 0.276 e. The molecule has 2 aromatic heterocycles. The largest absolute Gasteiger partial charge is 0.445 e. The van der Waals surface area contributed by atoms with Crippen molar-refractivity contribution in [3.05, 3.63) is 28.7 Å². The van der Waals surface area contributed by atoms with E-state index in [1.54, 1.807) is 13.8 Å². The van der Waals surface area contributed by atoms with Crippen LogP contribution in [-0.4, -0.2) is 57.2 Å².